The molecule has 94 valence electrons. The van der Waals surface area contributed by atoms with Crippen LogP contribution in [0.15, 0.2) is 24.3 Å². The first kappa shape index (κ1) is 12.9. The average molecular weight is 251 g/mol. The maximum atomic E-state index is 6.26. The zero-order valence-electron chi connectivity index (χ0n) is 10.4. The van der Waals surface area contributed by atoms with Crippen molar-refractivity contribution in [3.05, 3.63) is 35.4 Å². The van der Waals surface area contributed by atoms with Crippen LogP contribution in [-0.4, -0.2) is 24.2 Å². The Morgan fingerprint density at radius 1 is 1.35 bits per heavy atom. The van der Waals surface area contributed by atoms with Gasteiger partial charge in [0.1, 0.15) is 0 Å². The molecule has 1 aromatic rings. The van der Waals surface area contributed by atoms with Gasteiger partial charge in [0.2, 0.25) is 0 Å². The predicted molar refractivity (Wildman–Crippen MR) is 74.4 cm³/mol. The van der Waals surface area contributed by atoms with Crippen molar-refractivity contribution in [3.63, 3.8) is 0 Å². The molecule has 1 aliphatic heterocycles. The van der Waals surface area contributed by atoms with Crippen molar-refractivity contribution in [1.82, 2.24) is 0 Å². The highest BCUT2D eigenvalue weighted by atomic mass is 32.2. The van der Waals surface area contributed by atoms with Crippen molar-refractivity contribution in [2.24, 2.45) is 5.73 Å². The summed E-state index contributed by atoms with van der Waals surface area (Å²) in [7, 11) is 0. The molecular weight excluding hydrogens is 230 g/mol. The van der Waals surface area contributed by atoms with Crippen molar-refractivity contribution >= 4 is 11.8 Å². The summed E-state index contributed by atoms with van der Waals surface area (Å²) in [5, 5.41) is 0.735. The predicted octanol–water partition coefficient (Wildman–Crippen LogP) is 2.91. The van der Waals surface area contributed by atoms with Crippen molar-refractivity contribution < 1.29 is 4.74 Å². The van der Waals surface area contributed by atoms with Crippen molar-refractivity contribution in [1.29, 1.82) is 0 Å². The zero-order chi connectivity index (χ0) is 12.1. The standard InChI is InChI=1S/C14H21NOS/c1-11-4-2-3-5-13(11)14(15)10-17-12-6-8-16-9-7-12/h2-5,12,14H,6-10,15H2,1H3. The Kier molecular flexibility index (Phi) is 4.89. The first-order valence-corrected chi connectivity index (χ1v) is 7.32. The van der Waals surface area contributed by atoms with E-state index in [1.54, 1.807) is 0 Å². The fraction of sp³-hybridized carbons (Fsp3) is 0.571. The number of hydrogen-bond donors (Lipinski definition) is 1. The Hall–Kier alpha value is -0.510. The number of aryl methyl sites for hydroxylation is 1. The van der Waals surface area contributed by atoms with Crippen LogP contribution in [0.5, 0.6) is 0 Å². The van der Waals surface area contributed by atoms with Crippen molar-refractivity contribution in [3.8, 4) is 0 Å². The molecule has 0 saturated carbocycles. The fourth-order valence-corrected chi connectivity index (χ4v) is 3.36. The summed E-state index contributed by atoms with van der Waals surface area (Å²) in [4.78, 5) is 0. The minimum Gasteiger partial charge on any atom is -0.381 e. The van der Waals surface area contributed by atoms with Crippen LogP contribution in [0.4, 0.5) is 0 Å². The van der Waals surface area contributed by atoms with Gasteiger partial charge >= 0.3 is 0 Å². The summed E-state index contributed by atoms with van der Waals surface area (Å²) in [5.74, 6) is 1.01. The zero-order valence-corrected chi connectivity index (χ0v) is 11.2. The summed E-state index contributed by atoms with van der Waals surface area (Å²) >= 11 is 2.00. The normalized spacial score (nSPS) is 19.2. The van der Waals surface area contributed by atoms with Crippen LogP contribution in [0.25, 0.3) is 0 Å². The molecular formula is C14H21NOS. The topological polar surface area (TPSA) is 35.2 Å². The monoisotopic (exact) mass is 251 g/mol. The Bertz CT molecular complexity index is 350. The summed E-state index contributed by atoms with van der Waals surface area (Å²) in [6.07, 6.45) is 2.34. The first-order chi connectivity index (χ1) is 8.27. The molecule has 1 unspecified atom stereocenters. The van der Waals surface area contributed by atoms with Crippen LogP contribution >= 0.6 is 11.8 Å². The quantitative estimate of drug-likeness (QED) is 0.893. The molecule has 0 aliphatic carbocycles. The van der Waals surface area contributed by atoms with Gasteiger partial charge in [-0.3, -0.25) is 0 Å². The SMILES string of the molecule is Cc1ccccc1C(N)CSC1CCOCC1. The number of nitrogens with two attached hydrogens (primary N) is 1. The van der Waals surface area contributed by atoms with E-state index in [9.17, 15) is 0 Å². The van der Waals surface area contributed by atoms with Crippen LogP contribution in [0.2, 0.25) is 0 Å². The Labute approximate surface area is 108 Å². The van der Waals surface area contributed by atoms with Gasteiger partial charge < -0.3 is 10.5 Å². The first-order valence-electron chi connectivity index (χ1n) is 6.28. The second-order valence-corrected chi connectivity index (χ2v) is 5.94. The van der Waals surface area contributed by atoms with Gasteiger partial charge in [-0.25, -0.2) is 0 Å². The largest absolute Gasteiger partial charge is 0.381 e. The smallest absolute Gasteiger partial charge is 0.0476 e. The molecule has 2 nitrogen and oxygen atoms in total. The summed E-state index contributed by atoms with van der Waals surface area (Å²) in [6.45, 7) is 3.96. The van der Waals surface area contributed by atoms with E-state index < -0.39 is 0 Å². The van der Waals surface area contributed by atoms with Crippen LogP contribution in [0.1, 0.15) is 30.0 Å². The molecule has 1 aromatic carbocycles. The highest BCUT2D eigenvalue weighted by molar-refractivity contribution is 7.99. The van der Waals surface area contributed by atoms with E-state index in [2.05, 4.69) is 31.2 Å². The highest BCUT2D eigenvalue weighted by Gasteiger charge is 2.16. The van der Waals surface area contributed by atoms with Gasteiger partial charge in [-0.1, -0.05) is 24.3 Å². The molecule has 1 atom stereocenters. The molecule has 1 fully saturated rings. The Morgan fingerprint density at radius 2 is 2.06 bits per heavy atom. The number of ether oxygens (including phenoxy) is 1. The van der Waals surface area contributed by atoms with Crippen LogP contribution in [0.3, 0.4) is 0 Å². The number of rotatable bonds is 4. The van der Waals surface area contributed by atoms with Crippen molar-refractivity contribution in [2.45, 2.75) is 31.1 Å². The number of hydrogen-bond acceptors (Lipinski definition) is 3. The second-order valence-electron chi connectivity index (χ2n) is 4.61. The molecule has 0 spiro atoms. The molecule has 0 aromatic heterocycles. The molecule has 2 N–H and O–H groups in total. The molecule has 17 heavy (non-hydrogen) atoms. The maximum Gasteiger partial charge on any atom is 0.0476 e. The lowest BCUT2D eigenvalue weighted by atomic mass is 10.0. The van der Waals surface area contributed by atoms with Gasteiger partial charge in [-0.2, -0.15) is 11.8 Å². The molecule has 1 aliphatic rings. The van der Waals surface area contributed by atoms with Gasteiger partial charge in [0.15, 0.2) is 0 Å². The Morgan fingerprint density at radius 3 is 2.76 bits per heavy atom. The van der Waals surface area contributed by atoms with Gasteiger partial charge in [0.05, 0.1) is 0 Å². The third-order valence-electron chi connectivity index (χ3n) is 3.27. The third-order valence-corrected chi connectivity index (χ3v) is 4.76. The minimum atomic E-state index is 0.157. The van der Waals surface area contributed by atoms with Gasteiger partial charge in [-0.05, 0) is 30.9 Å². The number of benzene rings is 1. The summed E-state index contributed by atoms with van der Waals surface area (Å²) < 4.78 is 5.37. The third kappa shape index (κ3) is 3.73. The fourth-order valence-electron chi connectivity index (χ4n) is 2.17. The lowest BCUT2D eigenvalue weighted by molar-refractivity contribution is 0.1000. The van der Waals surface area contributed by atoms with E-state index in [4.69, 9.17) is 10.5 Å². The average Bonchev–Trinajstić information content (AvgIpc) is 2.38. The van der Waals surface area contributed by atoms with E-state index in [-0.39, 0.29) is 6.04 Å². The maximum absolute atomic E-state index is 6.26. The molecule has 1 heterocycles. The Balaban J connectivity index is 1.84. The lowest BCUT2D eigenvalue weighted by Gasteiger charge is -2.23. The van der Waals surface area contributed by atoms with Crippen LogP contribution in [-0.2, 0) is 4.74 Å². The number of thioether (sulfide) groups is 1. The van der Waals surface area contributed by atoms with Gasteiger partial charge in [0.25, 0.3) is 0 Å². The molecule has 0 radical (unpaired) electrons. The van der Waals surface area contributed by atoms with Crippen molar-refractivity contribution in [2.75, 3.05) is 19.0 Å². The minimum absolute atomic E-state index is 0.157. The second kappa shape index (κ2) is 6.43. The molecule has 3 heteroatoms. The highest BCUT2D eigenvalue weighted by Crippen LogP contribution is 2.26. The molecule has 2 rings (SSSR count). The summed E-state index contributed by atoms with van der Waals surface area (Å²) in [5.41, 5.74) is 8.84. The lowest BCUT2D eigenvalue weighted by Crippen LogP contribution is -2.21. The molecule has 0 bridgehead atoms. The van der Waals surface area contributed by atoms with E-state index in [0.29, 0.717) is 0 Å². The molecule has 0 amide bonds. The van der Waals surface area contributed by atoms with E-state index in [0.717, 1.165) is 24.2 Å². The van der Waals surface area contributed by atoms with Gasteiger partial charge in [-0.15, -0.1) is 0 Å². The van der Waals surface area contributed by atoms with E-state index >= 15 is 0 Å². The van der Waals surface area contributed by atoms with E-state index in [1.807, 2.05) is 11.8 Å². The van der Waals surface area contributed by atoms with Crippen LogP contribution < -0.4 is 5.73 Å². The van der Waals surface area contributed by atoms with E-state index in [1.165, 1.54) is 24.0 Å². The van der Waals surface area contributed by atoms with Gasteiger partial charge in [0, 0.05) is 30.3 Å². The molecule has 1 saturated heterocycles. The summed E-state index contributed by atoms with van der Waals surface area (Å²) in [6, 6.07) is 8.57. The van der Waals surface area contributed by atoms with Crippen LogP contribution in [0, 0.1) is 6.92 Å².